The van der Waals surface area contributed by atoms with Crippen LogP contribution >= 0.6 is 0 Å². The molecule has 2 aliphatic heterocycles. The van der Waals surface area contributed by atoms with Crippen LogP contribution in [0.1, 0.15) is 50.5 Å². The van der Waals surface area contributed by atoms with Crippen molar-refractivity contribution in [1.29, 1.82) is 0 Å². The molecule has 3 aliphatic rings. The monoisotopic (exact) mass is 414 g/mol. The van der Waals surface area contributed by atoms with Crippen LogP contribution in [0.2, 0.25) is 0 Å². The third-order valence-corrected chi connectivity index (χ3v) is 6.39. The van der Waals surface area contributed by atoms with Crippen molar-refractivity contribution in [2.75, 3.05) is 37.7 Å². The molecule has 1 spiro atoms. The maximum absolute atomic E-state index is 15.1. The molecular weight excluding hydrogens is 388 g/mol. The number of halogens is 4. The van der Waals surface area contributed by atoms with Gasteiger partial charge in [-0.05, 0) is 38.8 Å². The number of alkyl halides is 3. The summed E-state index contributed by atoms with van der Waals surface area (Å²) in [4.78, 5) is 16.0. The molecule has 0 unspecified atom stereocenters. The Kier molecular flexibility index (Phi) is 5.48. The number of rotatable bonds is 5. The van der Waals surface area contributed by atoms with Gasteiger partial charge in [0.2, 0.25) is 5.91 Å². The summed E-state index contributed by atoms with van der Waals surface area (Å²) in [5, 5.41) is 0. The molecule has 0 bridgehead atoms. The molecule has 29 heavy (non-hydrogen) atoms. The third-order valence-electron chi connectivity index (χ3n) is 6.39. The van der Waals surface area contributed by atoms with Crippen LogP contribution in [0.15, 0.2) is 12.1 Å². The summed E-state index contributed by atoms with van der Waals surface area (Å²) < 4.78 is 60.3. The van der Waals surface area contributed by atoms with Crippen molar-refractivity contribution in [3.05, 3.63) is 23.5 Å². The lowest BCUT2D eigenvalue weighted by Gasteiger charge is -2.32. The number of likely N-dealkylation sites (tertiary alicyclic amines) is 1. The van der Waals surface area contributed by atoms with Crippen LogP contribution in [0.4, 0.5) is 23.2 Å². The molecule has 2 heterocycles. The minimum Gasteiger partial charge on any atom is -0.492 e. The lowest BCUT2D eigenvalue weighted by atomic mass is 9.70. The molecule has 4 nitrogen and oxygen atoms in total. The highest BCUT2D eigenvalue weighted by atomic mass is 19.4. The number of carbonyl (C=O) groups excluding carboxylic acids is 1. The Hall–Kier alpha value is -1.83. The van der Waals surface area contributed by atoms with Crippen LogP contribution in [0.25, 0.3) is 0 Å². The van der Waals surface area contributed by atoms with E-state index in [2.05, 4.69) is 4.90 Å². The Labute approximate surface area is 167 Å². The maximum atomic E-state index is 15.1. The van der Waals surface area contributed by atoms with Gasteiger partial charge in [-0.2, -0.15) is 13.2 Å². The molecule has 1 aromatic rings. The molecule has 0 N–H and O–H groups in total. The molecule has 0 aromatic heterocycles. The van der Waals surface area contributed by atoms with Crippen molar-refractivity contribution >= 4 is 11.6 Å². The predicted octanol–water partition coefficient (Wildman–Crippen LogP) is 4.41. The number of carbonyl (C=O) groups is 1. The number of hydrogen-bond donors (Lipinski definition) is 0. The zero-order valence-electron chi connectivity index (χ0n) is 16.4. The first-order chi connectivity index (χ1) is 13.8. The Morgan fingerprint density at radius 2 is 1.72 bits per heavy atom. The van der Waals surface area contributed by atoms with Gasteiger partial charge >= 0.3 is 6.18 Å². The van der Waals surface area contributed by atoms with E-state index in [9.17, 15) is 18.0 Å². The van der Waals surface area contributed by atoms with E-state index in [1.165, 1.54) is 12.1 Å². The van der Waals surface area contributed by atoms with E-state index in [1.807, 2.05) is 0 Å². The second-order valence-electron chi connectivity index (χ2n) is 8.35. The van der Waals surface area contributed by atoms with E-state index in [-0.39, 0.29) is 17.0 Å². The highest BCUT2D eigenvalue weighted by Gasteiger charge is 2.54. The molecule has 1 amide bonds. The zero-order valence-corrected chi connectivity index (χ0v) is 16.4. The summed E-state index contributed by atoms with van der Waals surface area (Å²) in [6.07, 6.45) is 0.822. The highest BCUT2D eigenvalue weighted by Crippen LogP contribution is 2.52. The summed E-state index contributed by atoms with van der Waals surface area (Å²) >= 11 is 0. The quantitative estimate of drug-likeness (QED) is 0.669. The number of hydrogen-bond acceptors (Lipinski definition) is 3. The number of fused-ring (bicyclic) bond motifs is 2. The molecule has 4 rings (SSSR count). The van der Waals surface area contributed by atoms with Crippen molar-refractivity contribution in [3.63, 3.8) is 0 Å². The second-order valence-corrected chi connectivity index (χ2v) is 8.35. The Morgan fingerprint density at radius 3 is 2.38 bits per heavy atom. The summed E-state index contributed by atoms with van der Waals surface area (Å²) in [6.45, 7) is 1.61. The van der Waals surface area contributed by atoms with Gasteiger partial charge in [0.1, 0.15) is 24.7 Å². The molecule has 0 atom stereocenters. The summed E-state index contributed by atoms with van der Waals surface area (Å²) in [5.74, 6) is -1.09. The van der Waals surface area contributed by atoms with E-state index in [1.54, 1.807) is 0 Å². The lowest BCUT2D eigenvalue weighted by Crippen LogP contribution is -2.45. The molecule has 1 saturated carbocycles. The minimum atomic E-state index is -4.56. The van der Waals surface area contributed by atoms with E-state index in [0.29, 0.717) is 38.8 Å². The fraction of sp³-hybridized carbons (Fsp3) is 0.667. The van der Waals surface area contributed by atoms with Crippen molar-refractivity contribution < 1.29 is 27.1 Å². The van der Waals surface area contributed by atoms with E-state index < -0.39 is 29.9 Å². The molecule has 8 heteroatoms. The standard InChI is InChI=1S/C21H26F4N2O2/c22-16-12-15(29-11-10-26-8-4-5-9-26)13-17-18(16)20(6-2-1-3-7-20)19(28)27(17)14-21(23,24)25/h12-13H,1-11,14H2. The van der Waals surface area contributed by atoms with Gasteiger partial charge in [-0.3, -0.25) is 9.69 Å². The second kappa shape index (κ2) is 7.78. The van der Waals surface area contributed by atoms with Gasteiger partial charge in [-0.1, -0.05) is 19.3 Å². The molecule has 1 aromatic carbocycles. The van der Waals surface area contributed by atoms with Gasteiger partial charge < -0.3 is 9.64 Å². The molecule has 1 saturated heterocycles. The molecule has 1 aliphatic carbocycles. The normalized spacial score (nSPS) is 21.8. The molecule has 160 valence electrons. The summed E-state index contributed by atoms with van der Waals surface area (Å²) in [6, 6.07) is 2.64. The smallest absolute Gasteiger partial charge is 0.406 e. The van der Waals surface area contributed by atoms with Crippen molar-refractivity contribution in [2.45, 2.75) is 56.5 Å². The minimum absolute atomic E-state index is 0.0189. The number of amides is 1. The van der Waals surface area contributed by atoms with E-state index >= 15 is 4.39 Å². The van der Waals surface area contributed by atoms with Gasteiger partial charge in [-0.15, -0.1) is 0 Å². The van der Waals surface area contributed by atoms with Crippen LogP contribution in [0.5, 0.6) is 5.75 Å². The first-order valence-corrected chi connectivity index (χ1v) is 10.4. The van der Waals surface area contributed by atoms with Gasteiger partial charge in [-0.25, -0.2) is 4.39 Å². The number of ether oxygens (including phenoxy) is 1. The van der Waals surface area contributed by atoms with E-state index in [4.69, 9.17) is 4.74 Å². The Balaban J connectivity index is 1.63. The van der Waals surface area contributed by atoms with Crippen LogP contribution in [-0.2, 0) is 10.2 Å². The summed E-state index contributed by atoms with van der Waals surface area (Å²) in [7, 11) is 0. The van der Waals surface area contributed by atoms with Gasteiger partial charge in [0.15, 0.2) is 0 Å². The summed E-state index contributed by atoms with van der Waals surface area (Å²) in [5.41, 5.74) is -1.03. The number of anilines is 1. The first kappa shape index (κ1) is 20.4. The van der Waals surface area contributed by atoms with E-state index in [0.717, 1.165) is 37.3 Å². The highest BCUT2D eigenvalue weighted by molar-refractivity contribution is 6.08. The number of nitrogens with zero attached hydrogens (tertiary/aromatic N) is 2. The van der Waals surface area contributed by atoms with Gasteiger partial charge in [0.05, 0.1) is 11.1 Å². The average Bonchev–Trinajstić information content (AvgIpc) is 3.24. The fourth-order valence-corrected chi connectivity index (χ4v) is 5.07. The van der Waals surface area contributed by atoms with Gasteiger partial charge in [0, 0.05) is 24.2 Å². The number of benzene rings is 1. The Morgan fingerprint density at radius 1 is 1.03 bits per heavy atom. The third kappa shape index (κ3) is 3.96. The first-order valence-electron chi connectivity index (χ1n) is 10.4. The predicted molar refractivity (Wildman–Crippen MR) is 101 cm³/mol. The van der Waals surface area contributed by atoms with Crippen LogP contribution < -0.4 is 9.64 Å². The molecule has 0 radical (unpaired) electrons. The fourth-order valence-electron chi connectivity index (χ4n) is 5.07. The van der Waals surface area contributed by atoms with Crippen LogP contribution in [0, 0.1) is 5.82 Å². The SMILES string of the molecule is O=C1N(CC(F)(F)F)c2cc(OCCN3CCCC3)cc(F)c2C12CCCCC2. The molecule has 2 fully saturated rings. The Bertz CT molecular complexity index is 769. The van der Waals surface area contributed by atoms with Gasteiger partial charge in [0.25, 0.3) is 0 Å². The zero-order chi connectivity index (χ0) is 20.6. The topological polar surface area (TPSA) is 32.8 Å². The van der Waals surface area contributed by atoms with Crippen LogP contribution in [0.3, 0.4) is 0 Å². The van der Waals surface area contributed by atoms with Crippen LogP contribution in [-0.4, -0.2) is 49.8 Å². The average molecular weight is 414 g/mol. The van der Waals surface area contributed by atoms with Crippen molar-refractivity contribution in [1.82, 2.24) is 4.90 Å². The lowest BCUT2D eigenvalue weighted by molar-refractivity contribution is -0.135. The largest absolute Gasteiger partial charge is 0.492 e. The molecular formula is C21H26F4N2O2. The van der Waals surface area contributed by atoms with Crippen molar-refractivity contribution in [2.24, 2.45) is 0 Å². The maximum Gasteiger partial charge on any atom is 0.406 e. The van der Waals surface area contributed by atoms with Crippen molar-refractivity contribution in [3.8, 4) is 5.75 Å².